The summed E-state index contributed by atoms with van der Waals surface area (Å²) >= 11 is 0. The molecule has 1 heterocycles. The minimum atomic E-state index is 0.0717. The molecule has 108 valence electrons. The van der Waals surface area contributed by atoms with Gasteiger partial charge >= 0.3 is 0 Å². The normalized spacial score (nSPS) is 14.3. The highest BCUT2D eigenvalue weighted by Gasteiger charge is 2.14. The van der Waals surface area contributed by atoms with Gasteiger partial charge in [-0.15, -0.1) is 0 Å². The maximum Gasteiger partial charge on any atom is 0.224 e. The fraction of sp³-hybridized carbons (Fsp3) is 0.529. The molecule has 3 nitrogen and oxygen atoms in total. The quantitative estimate of drug-likeness (QED) is 0.626. The summed E-state index contributed by atoms with van der Waals surface area (Å²) in [5.41, 5.74) is 2.75. The van der Waals surface area contributed by atoms with Crippen molar-refractivity contribution in [2.75, 3.05) is 5.32 Å². The zero-order valence-electron chi connectivity index (χ0n) is 12.2. The predicted molar refractivity (Wildman–Crippen MR) is 81.1 cm³/mol. The van der Waals surface area contributed by atoms with Gasteiger partial charge in [-0.2, -0.15) is 0 Å². The molecule has 1 aliphatic heterocycles. The summed E-state index contributed by atoms with van der Waals surface area (Å²) in [6, 6.07) is 5.67. The van der Waals surface area contributed by atoms with E-state index in [4.69, 9.17) is 0 Å². The summed E-state index contributed by atoms with van der Waals surface area (Å²) in [4.78, 5) is 23.6. The fourth-order valence-corrected chi connectivity index (χ4v) is 2.60. The van der Waals surface area contributed by atoms with Crippen LogP contribution >= 0.6 is 0 Å². The van der Waals surface area contributed by atoms with Crippen LogP contribution in [0.15, 0.2) is 18.2 Å². The lowest BCUT2D eigenvalue weighted by molar-refractivity contribution is -0.116. The second-order valence-electron chi connectivity index (χ2n) is 5.51. The third kappa shape index (κ3) is 3.92. The lowest BCUT2D eigenvalue weighted by atomic mass is 9.99. The number of fused-ring (bicyclic) bond motifs is 1. The molecule has 1 amide bonds. The molecule has 0 bridgehead atoms. The molecular formula is C17H23NO2. The molecule has 2 rings (SSSR count). The Morgan fingerprint density at radius 2 is 2.05 bits per heavy atom. The van der Waals surface area contributed by atoms with Crippen molar-refractivity contribution in [2.45, 2.75) is 58.3 Å². The van der Waals surface area contributed by atoms with Crippen molar-refractivity contribution in [3.05, 3.63) is 29.3 Å². The smallest absolute Gasteiger partial charge is 0.224 e. The predicted octanol–water partition coefficient (Wildman–Crippen LogP) is 4.11. The summed E-state index contributed by atoms with van der Waals surface area (Å²) in [6.07, 6.45) is 7.40. The van der Waals surface area contributed by atoms with Gasteiger partial charge in [-0.1, -0.05) is 26.2 Å². The summed E-state index contributed by atoms with van der Waals surface area (Å²) < 4.78 is 0. The van der Waals surface area contributed by atoms with Gasteiger partial charge in [0, 0.05) is 24.1 Å². The largest absolute Gasteiger partial charge is 0.326 e. The van der Waals surface area contributed by atoms with Crippen LogP contribution < -0.4 is 5.32 Å². The molecule has 1 aromatic rings. The van der Waals surface area contributed by atoms with Gasteiger partial charge in [0.25, 0.3) is 0 Å². The van der Waals surface area contributed by atoms with E-state index in [9.17, 15) is 9.59 Å². The number of hydrogen-bond donors (Lipinski definition) is 1. The van der Waals surface area contributed by atoms with Crippen LogP contribution in [-0.2, 0) is 11.2 Å². The highest BCUT2D eigenvalue weighted by atomic mass is 16.1. The number of aryl methyl sites for hydroxylation is 1. The van der Waals surface area contributed by atoms with Gasteiger partial charge in [0.2, 0.25) is 5.91 Å². The van der Waals surface area contributed by atoms with E-state index in [1.807, 2.05) is 18.2 Å². The highest BCUT2D eigenvalue weighted by Crippen LogP contribution is 2.24. The molecule has 1 aliphatic rings. The zero-order chi connectivity index (χ0) is 14.4. The van der Waals surface area contributed by atoms with Crippen LogP contribution in [0.4, 0.5) is 5.69 Å². The van der Waals surface area contributed by atoms with E-state index in [-0.39, 0.29) is 11.7 Å². The summed E-state index contributed by atoms with van der Waals surface area (Å²) in [6.45, 7) is 2.17. The molecule has 0 atom stereocenters. The Kier molecular flexibility index (Phi) is 5.33. The molecule has 0 aromatic heterocycles. The molecule has 0 unspecified atom stereocenters. The van der Waals surface area contributed by atoms with Crippen LogP contribution in [0.2, 0.25) is 0 Å². The van der Waals surface area contributed by atoms with Gasteiger partial charge in [-0.05, 0) is 43.0 Å². The van der Waals surface area contributed by atoms with E-state index in [1.165, 1.54) is 12.8 Å². The molecule has 1 N–H and O–H groups in total. The van der Waals surface area contributed by atoms with Gasteiger partial charge in [0.05, 0.1) is 0 Å². The number of anilines is 1. The summed E-state index contributed by atoms with van der Waals surface area (Å²) in [5.74, 6) is 0.293. The Balaban J connectivity index is 2.01. The molecule has 0 radical (unpaired) electrons. The van der Waals surface area contributed by atoms with Crippen LogP contribution in [0.1, 0.15) is 67.8 Å². The van der Waals surface area contributed by atoms with Crippen molar-refractivity contribution < 1.29 is 9.59 Å². The van der Waals surface area contributed by atoms with Gasteiger partial charge < -0.3 is 5.32 Å². The van der Waals surface area contributed by atoms with Crippen LogP contribution in [0, 0.1) is 0 Å². The minimum Gasteiger partial charge on any atom is -0.326 e. The standard InChI is InChI=1S/C17H23NO2/c1-2-3-4-5-8-16(19)14-10-11-15-13(12-14)7-6-9-17(20)18-15/h10-12H,2-9H2,1H3,(H,18,20). The van der Waals surface area contributed by atoms with E-state index in [0.29, 0.717) is 12.8 Å². The zero-order valence-corrected chi connectivity index (χ0v) is 12.2. The maximum absolute atomic E-state index is 12.2. The highest BCUT2D eigenvalue weighted by molar-refractivity contribution is 5.98. The van der Waals surface area contributed by atoms with Crippen molar-refractivity contribution in [3.8, 4) is 0 Å². The minimum absolute atomic E-state index is 0.0717. The van der Waals surface area contributed by atoms with Crippen LogP contribution in [0.3, 0.4) is 0 Å². The van der Waals surface area contributed by atoms with Crippen molar-refractivity contribution in [1.82, 2.24) is 0 Å². The van der Waals surface area contributed by atoms with Gasteiger partial charge in [-0.3, -0.25) is 9.59 Å². The van der Waals surface area contributed by atoms with Crippen molar-refractivity contribution in [2.24, 2.45) is 0 Å². The number of ketones is 1. The lowest BCUT2D eigenvalue weighted by Crippen LogP contribution is -2.09. The average molecular weight is 273 g/mol. The summed E-state index contributed by atoms with van der Waals surface area (Å²) in [7, 11) is 0. The molecule has 20 heavy (non-hydrogen) atoms. The second kappa shape index (κ2) is 7.22. The molecule has 1 aromatic carbocycles. The van der Waals surface area contributed by atoms with Gasteiger partial charge in [0.15, 0.2) is 5.78 Å². The number of benzene rings is 1. The average Bonchev–Trinajstić information content (AvgIpc) is 2.63. The molecule has 0 spiro atoms. The fourth-order valence-electron chi connectivity index (χ4n) is 2.60. The first kappa shape index (κ1) is 14.8. The number of unbranched alkanes of at least 4 members (excludes halogenated alkanes) is 3. The first-order valence-electron chi connectivity index (χ1n) is 7.66. The maximum atomic E-state index is 12.2. The number of amides is 1. The first-order valence-corrected chi connectivity index (χ1v) is 7.66. The molecular weight excluding hydrogens is 250 g/mol. The molecule has 3 heteroatoms. The Morgan fingerprint density at radius 1 is 1.20 bits per heavy atom. The number of Topliss-reactive ketones (excluding diaryl/α,β-unsaturated/α-hetero) is 1. The van der Waals surface area contributed by atoms with E-state index in [0.717, 1.165) is 42.5 Å². The Labute approximate surface area is 120 Å². The third-order valence-corrected chi connectivity index (χ3v) is 3.81. The van der Waals surface area contributed by atoms with Crippen LogP contribution in [0.5, 0.6) is 0 Å². The Morgan fingerprint density at radius 3 is 2.85 bits per heavy atom. The van der Waals surface area contributed by atoms with Crippen molar-refractivity contribution in [3.63, 3.8) is 0 Å². The lowest BCUT2D eigenvalue weighted by Gasteiger charge is -2.09. The van der Waals surface area contributed by atoms with Gasteiger partial charge in [0.1, 0.15) is 0 Å². The van der Waals surface area contributed by atoms with E-state index in [2.05, 4.69) is 12.2 Å². The second-order valence-corrected chi connectivity index (χ2v) is 5.51. The Hall–Kier alpha value is -1.64. The number of nitrogens with one attached hydrogen (secondary N) is 1. The molecule has 0 aliphatic carbocycles. The molecule has 0 saturated heterocycles. The topological polar surface area (TPSA) is 46.2 Å². The molecule has 0 fully saturated rings. The Bertz CT molecular complexity index is 494. The number of hydrogen-bond acceptors (Lipinski definition) is 2. The first-order chi connectivity index (χ1) is 9.70. The van der Waals surface area contributed by atoms with E-state index < -0.39 is 0 Å². The van der Waals surface area contributed by atoms with E-state index in [1.54, 1.807) is 0 Å². The number of carbonyl (C=O) groups excluding carboxylic acids is 2. The summed E-state index contributed by atoms with van der Waals surface area (Å²) in [5, 5.41) is 2.90. The van der Waals surface area contributed by atoms with Crippen molar-refractivity contribution in [1.29, 1.82) is 0 Å². The van der Waals surface area contributed by atoms with E-state index >= 15 is 0 Å². The van der Waals surface area contributed by atoms with Crippen LogP contribution in [-0.4, -0.2) is 11.7 Å². The van der Waals surface area contributed by atoms with Crippen molar-refractivity contribution >= 4 is 17.4 Å². The number of rotatable bonds is 6. The monoisotopic (exact) mass is 273 g/mol. The van der Waals surface area contributed by atoms with Gasteiger partial charge in [-0.25, -0.2) is 0 Å². The van der Waals surface area contributed by atoms with Crippen LogP contribution in [0.25, 0.3) is 0 Å². The SMILES string of the molecule is CCCCCCC(=O)c1ccc2c(c1)CCCC(=O)N2. The number of carbonyl (C=O) groups is 2. The third-order valence-electron chi connectivity index (χ3n) is 3.81. The molecule has 0 saturated carbocycles.